The monoisotopic (exact) mass is 409 g/mol. The Morgan fingerprint density at radius 2 is 2.07 bits per heavy atom. The second kappa shape index (κ2) is 8.50. The van der Waals surface area contributed by atoms with E-state index >= 15 is 0 Å². The van der Waals surface area contributed by atoms with Crippen LogP contribution in [0.4, 0.5) is 0 Å². The Hall–Kier alpha value is -2.77. The average Bonchev–Trinajstić information content (AvgIpc) is 3.41. The lowest BCUT2D eigenvalue weighted by Gasteiger charge is -2.07. The number of rotatable bonds is 7. The Kier molecular flexibility index (Phi) is 5.64. The van der Waals surface area contributed by atoms with Crippen LogP contribution < -0.4 is 14.8 Å². The van der Waals surface area contributed by atoms with Gasteiger partial charge in [-0.2, -0.15) is 9.50 Å². The zero-order valence-electron chi connectivity index (χ0n) is 15.4. The van der Waals surface area contributed by atoms with Gasteiger partial charge in [0, 0.05) is 10.4 Å². The largest absolute Gasteiger partial charge is 0.493 e. The van der Waals surface area contributed by atoms with Crippen LogP contribution in [0.5, 0.6) is 5.75 Å². The number of aromatic nitrogens is 3. The number of unbranched alkanes of at least 4 members (excludes halogenated alkanes) is 1. The Morgan fingerprint density at radius 3 is 2.86 bits per heavy atom. The highest BCUT2D eigenvalue weighted by atomic mass is 32.1. The highest BCUT2D eigenvalue weighted by Crippen LogP contribution is 2.19. The van der Waals surface area contributed by atoms with Crippen LogP contribution in [0, 0.1) is 0 Å². The number of nitrogens with zero attached hydrogens (tertiary/aromatic N) is 3. The summed E-state index contributed by atoms with van der Waals surface area (Å²) in [4.78, 5) is 18.9. The maximum atomic E-state index is 12.7. The Bertz CT molecular complexity index is 1210. The van der Waals surface area contributed by atoms with Crippen LogP contribution in [0.2, 0.25) is 0 Å². The first kappa shape index (κ1) is 18.6. The van der Waals surface area contributed by atoms with Gasteiger partial charge in [-0.3, -0.25) is 4.79 Å². The van der Waals surface area contributed by atoms with E-state index in [0.29, 0.717) is 21.9 Å². The number of fused-ring (bicyclic) bond motifs is 1. The standard InChI is InChI=1S/C21H19N3O2S2/c1-2-3-12-26-17-9-5-4-7-15(17)14-18-20(25)24-21(28-18)22-19(23-24)11-10-16-8-6-13-27-16/h4-11,13-14H,2-3,12H2,1H3. The lowest BCUT2D eigenvalue weighted by molar-refractivity contribution is 0.309. The van der Waals surface area contributed by atoms with Crippen LogP contribution in [-0.4, -0.2) is 21.2 Å². The maximum Gasteiger partial charge on any atom is 0.291 e. The molecule has 0 atom stereocenters. The Morgan fingerprint density at radius 1 is 1.18 bits per heavy atom. The SMILES string of the molecule is CCCCOc1ccccc1C=c1sc2nc(C=Cc3cccs3)nn2c1=O. The van der Waals surface area contributed by atoms with Crippen molar-refractivity contribution in [3.8, 4) is 5.75 Å². The fourth-order valence-electron chi connectivity index (χ4n) is 2.66. The first-order valence-corrected chi connectivity index (χ1v) is 10.8. The van der Waals surface area contributed by atoms with E-state index in [2.05, 4.69) is 17.0 Å². The lowest BCUT2D eigenvalue weighted by Crippen LogP contribution is -2.23. The van der Waals surface area contributed by atoms with Gasteiger partial charge < -0.3 is 4.74 Å². The highest BCUT2D eigenvalue weighted by Gasteiger charge is 2.10. The molecule has 3 heterocycles. The summed E-state index contributed by atoms with van der Waals surface area (Å²) in [5, 5.41) is 6.34. The van der Waals surface area contributed by atoms with Crippen LogP contribution in [-0.2, 0) is 0 Å². The van der Waals surface area contributed by atoms with Crippen LogP contribution in [0.3, 0.4) is 0 Å². The quantitative estimate of drug-likeness (QED) is 0.431. The molecule has 1 aromatic carbocycles. The Labute approximate surface area is 170 Å². The molecule has 0 amide bonds. The van der Waals surface area contributed by atoms with E-state index in [-0.39, 0.29) is 5.56 Å². The predicted octanol–water partition coefficient (Wildman–Crippen LogP) is 4.11. The normalized spacial score (nSPS) is 12.4. The minimum Gasteiger partial charge on any atom is -0.493 e. The lowest BCUT2D eigenvalue weighted by atomic mass is 10.2. The van der Waals surface area contributed by atoms with Gasteiger partial charge in [-0.05, 0) is 42.2 Å². The average molecular weight is 410 g/mol. The maximum absolute atomic E-state index is 12.7. The van der Waals surface area contributed by atoms with E-state index in [0.717, 1.165) is 29.0 Å². The van der Waals surface area contributed by atoms with Crippen LogP contribution in [0.25, 0.3) is 23.2 Å². The molecular weight excluding hydrogens is 390 g/mol. The molecule has 7 heteroatoms. The third kappa shape index (κ3) is 4.05. The van der Waals surface area contributed by atoms with Crippen molar-refractivity contribution in [2.75, 3.05) is 6.61 Å². The van der Waals surface area contributed by atoms with E-state index in [1.54, 1.807) is 11.3 Å². The van der Waals surface area contributed by atoms with Gasteiger partial charge in [0.15, 0.2) is 5.82 Å². The van der Waals surface area contributed by atoms with E-state index in [1.165, 1.54) is 15.9 Å². The molecule has 0 spiro atoms. The molecule has 0 aliphatic heterocycles. The predicted molar refractivity (Wildman–Crippen MR) is 116 cm³/mol. The molecule has 0 bridgehead atoms. The minimum absolute atomic E-state index is 0.161. The summed E-state index contributed by atoms with van der Waals surface area (Å²) < 4.78 is 7.82. The van der Waals surface area contributed by atoms with Crippen LogP contribution in [0.1, 0.15) is 36.0 Å². The van der Waals surface area contributed by atoms with E-state index < -0.39 is 0 Å². The number of thiophene rings is 1. The summed E-state index contributed by atoms with van der Waals surface area (Å²) in [6, 6.07) is 11.8. The van der Waals surface area contributed by atoms with Crippen molar-refractivity contribution in [2.45, 2.75) is 19.8 Å². The topological polar surface area (TPSA) is 56.5 Å². The van der Waals surface area contributed by atoms with E-state index in [4.69, 9.17) is 4.74 Å². The third-order valence-corrected chi connectivity index (χ3v) is 5.90. The van der Waals surface area contributed by atoms with Crippen molar-refractivity contribution in [1.29, 1.82) is 0 Å². The Balaban J connectivity index is 1.64. The molecule has 142 valence electrons. The first-order chi connectivity index (χ1) is 13.7. The molecule has 0 saturated heterocycles. The van der Waals surface area contributed by atoms with Gasteiger partial charge in [-0.25, -0.2) is 0 Å². The van der Waals surface area contributed by atoms with Gasteiger partial charge in [0.25, 0.3) is 5.56 Å². The fraction of sp³-hybridized carbons (Fsp3) is 0.190. The summed E-state index contributed by atoms with van der Waals surface area (Å²) in [6.07, 6.45) is 7.70. The van der Waals surface area contributed by atoms with Crippen LogP contribution >= 0.6 is 22.7 Å². The van der Waals surface area contributed by atoms with E-state index in [1.807, 2.05) is 60.0 Å². The third-order valence-electron chi connectivity index (χ3n) is 4.10. The number of ether oxygens (including phenoxy) is 1. The molecule has 0 aliphatic carbocycles. The number of para-hydroxylation sites is 1. The van der Waals surface area contributed by atoms with E-state index in [9.17, 15) is 4.79 Å². The van der Waals surface area contributed by atoms with Crippen molar-refractivity contribution in [2.24, 2.45) is 0 Å². The molecule has 0 N–H and O–H groups in total. The van der Waals surface area contributed by atoms with Gasteiger partial charge in [0.2, 0.25) is 4.96 Å². The molecule has 28 heavy (non-hydrogen) atoms. The summed E-state index contributed by atoms with van der Waals surface area (Å²) in [6.45, 7) is 2.80. The number of hydrogen-bond donors (Lipinski definition) is 0. The zero-order chi connectivity index (χ0) is 19.3. The summed E-state index contributed by atoms with van der Waals surface area (Å²) in [7, 11) is 0. The zero-order valence-corrected chi connectivity index (χ0v) is 17.0. The molecule has 5 nitrogen and oxygen atoms in total. The van der Waals surface area contributed by atoms with Gasteiger partial charge in [0.1, 0.15) is 5.75 Å². The van der Waals surface area contributed by atoms with Crippen molar-refractivity contribution < 1.29 is 4.74 Å². The molecule has 4 rings (SSSR count). The second-order valence-corrected chi connectivity index (χ2v) is 8.16. The van der Waals surface area contributed by atoms with Gasteiger partial charge in [-0.15, -0.1) is 16.4 Å². The van der Waals surface area contributed by atoms with Crippen molar-refractivity contribution in [1.82, 2.24) is 14.6 Å². The van der Waals surface area contributed by atoms with Gasteiger partial charge in [-0.1, -0.05) is 48.9 Å². The fourth-order valence-corrected chi connectivity index (χ4v) is 4.18. The smallest absolute Gasteiger partial charge is 0.291 e. The first-order valence-electron chi connectivity index (χ1n) is 9.09. The molecular formula is C21H19N3O2S2. The van der Waals surface area contributed by atoms with Crippen molar-refractivity contribution >= 4 is 45.9 Å². The van der Waals surface area contributed by atoms with Gasteiger partial charge >= 0.3 is 0 Å². The van der Waals surface area contributed by atoms with Crippen LogP contribution in [0.15, 0.2) is 46.6 Å². The van der Waals surface area contributed by atoms with Crippen molar-refractivity contribution in [3.05, 3.63) is 72.9 Å². The molecule has 0 unspecified atom stereocenters. The molecule has 0 aliphatic rings. The summed E-state index contributed by atoms with van der Waals surface area (Å²) >= 11 is 2.98. The molecule has 3 aromatic heterocycles. The minimum atomic E-state index is -0.161. The van der Waals surface area contributed by atoms with Gasteiger partial charge in [0.05, 0.1) is 11.1 Å². The number of thiazole rings is 1. The van der Waals surface area contributed by atoms with Crippen molar-refractivity contribution in [3.63, 3.8) is 0 Å². The summed E-state index contributed by atoms with van der Waals surface area (Å²) in [5.74, 6) is 1.32. The summed E-state index contributed by atoms with van der Waals surface area (Å²) in [5.41, 5.74) is 0.727. The number of benzene rings is 1. The number of hydrogen-bond acceptors (Lipinski definition) is 6. The molecule has 0 saturated carbocycles. The molecule has 0 radical (unpaired) electrons. The second-order valence-electron chi connectivity index (χ2n) is 6.17. The highest BCUT2D eigenvalue weighted by molar-refractivity contribution is 7.15. The molecule has 4 aromatic rings. The molecule has 0 fully saturated rings.